The van der Waals surface area contributed by atoms with E-state index >= 15 is 0 Å². The number of hydrogen-bond donors (Lipinski definition) is 1. The molecule has 0 bridgehead atoms. The van der Waals surface area contributed by atoms with E-state index in [9.17, 15) is 9.90 Å². The summed E-state index contributed by atoms with van der Waals surface area (Å²) in [6, 6.07) is 5.18. The van der Waals surface area contributed by atoms with Gasteiger partial charge in [0.2, 0.25) is 0 Å². The normalized spacial score (nSPS) is 19.2. The van der Waals surface area contributed by atoms with Crippen LogP contribution in [0.2, 0.25) is 0 Å². The van der Waals surface area contributed by atoms with Gasteiger partial charge in [-0.25, -0.2) is 4.79 Å². The number of rotatable bonds is 1. The Morgan fingerprint density at radius 1 is 1.38 bits per heavy atom. The molecule has 1 unspecified atom stereocenters. The molecule has 21 heavy (non-hydrogen) atoms. The molecule has 0 aromatic carbocycles. The molecule has 1 amide bonds. The van der Waals surface area contributed by atoms with Crippen molar-refractivity contribution >= 4 is 11.9 Å². The molecule has 0 spiro atoms. The van der Waals surface area contributed by atoms with E-state index in [1.165, 1.54) is 4.90 Å². The van der Waals surface area contributed by atoms with Crippen LogP contribution in [0.5, 0.6) is 0 Å². The number of aromatic nitrogens is 2. The third-order valence-electron chi connectivity index (χ3n) is 3.71. The maximum Gasteiger partial charge on any atom is 0.407 e. The molecule has 0 aliphatic carbocycles. The average molecular weight is 289 g/mol. The van der Waals surface area contributed by atoms with Crippen LogP contribution in [0.25, 0.3) is 0 Å². The first-order valence-corrected chi connectivity index (χ1v) is 6.81. The van der Waals surface area contributed by atoms with Crippen molar-refractivity contribution in [2.45, 2.75) is 26.8 Å². The lowest BCUT2D eigenvalue weighted by Gasteiger charge is -2.46. The van der Waals surface area contributed by atoms with Gasteiger partial charge in [0.15, 0.2) is 11.5 Å². The highest BCUT2D eigenvalue weighted by Crippen LogP contribution is 2.29. The molecule has 112 valence electrons. The molecular weight excluding hydrogens is 270 g/mol. The summed E-state index contributed by atoms with van der Waals surface area (Å²) >= 11 is 0. The standard InChI is InChI=1S/C14H19N5O2/c1-14(2,3)11-9-18(6-7-19(11)13(20)21)12-5-4-10(8-15)16-17-12/h4-5,11H,6-7,9H2,1-3H3,(H,20,21). The van der Waals surface area contributed by atoms with E-state index in [4.69, 9.17) is 5.26 Å². The van der Waals surface area contributed by atoms with Crippen LogP contribution in [0.4, 0.5) is 10.6 Å². The molecule has 1 N–H and O–H groups in total. The number of amides is 1. The predicted octanol–water partition coefficient (Wildman–Crippen LogP) is 1.56. The van der Waals surface area contributed by atoms with Crippen LogP contribution in [0.1, 0.15) is 26.5 Å². The van der Waals surface area contributed by atoms with E-state index in [0.29, 0.717) is 25.5 Å². The first-order chi connectivity index (χ1) is 9.82. The minimum atomic E-state index is -0.888. The van der Waals surface area contributed by atoms with E-state index in [0.717, 1.165) is 0 Å². The zero-order chi connectivity index (χ0) is 15.6. The Bertz CT molecular complexity index is 558. The third-order valence-corrected chi connectivity index (χ3v) is 3.71. The largest absolute Gasteiger partial charge is 0.465 e. The second-order valence-corrected chi connectivity index (χ2v) is 6.19. The van der Waals surface area contributed by atoms with Crippen molar-refractivity contribution in [1.29, 1.82) is 5.26 Å². The summed E-state index contributed by atoms with van der Waals surface area (Å²) in [4.78, 5) is 14.9. The van der Waals surface area contributed by atoms with Gasteiger partial charge >= 0.3 is 6.09 Å². The molecule has 7 heteroatoms. The summed E-state index contributed by atoms with van der Waals surface area (Å²) in [5, 5.41) is 26.0. The molecule has 0 radical (unpaired) electrons. The van der Waals surface area contributed by atoms with Gasteiger partial charge in [-0.05, 0) is 17.5 Å². The molecule has 1 atom stereocenters. The van der Waals surface area contributed by atoms with Crippen molar-refractivity contribution in [1.82, 2.24) is 15.1 Å². The Morgan fingerprint density at radius 2 is 2.10 bits per heavy atom. The molecule has 1 aliphatic heterocycles. The van der Waals surface area contributed by atoms with Crippen LogP contribution in [0.15, 0.2) is 12.1 Å². The number of piperazine rings is 1. The number of nitrogens with zero attached hydrogens (tertiary/aromatic N) is 5. The predicted molar refractivity (Wildman–Crippen MR) is 76.9 cm³/mol. The quantitative estimate of drug-likeness (QED) is 0.843. The zero-order valence-electron chi connectivity index (χ0n) is 12.4. The van der Waals surface area contributed by atoms with Crippen LogP contribution >= 0.6 is 0 Å². The van der Waals surface area contributed by atoms with Crippen LogP contribution in [-0.2, 0) is 0 Å². The van der Waals surface area contributed by atoms with Crippen molar-refractivity contribution in [3.05, 3.63) is 17.8 Å². The van der Waals surface area contributed by atoms with E-state index in [2.05, 4.69) is 10.2 Å². The van der Waals surface area contributed by atoms with Gasteiger partial charge in [-0.2, -0.15) is 5.26 Å². The second kappa shape index (κ2) is 5.56. The number of nitriles is 1. The fourth-order valence-corrected chi connectivity index (χ4v) is 2.51. The first kappa shape index (κ1) is 15.0. The highest BCUT2D eigenvalue weighted by atomic mass is 16.4. The lowest BCUT2D eigenvalue weighted by atomic mass is 9.84. The molecule has 1 aromatic rings. The maximum atomic E-state index is 11.4. The van der Waals surface area contributed by atoms with Crippen LogP contribution in [0, 0.1) is 16.7 Å². The minimum absolute atomic E-state index is 0.124. The van der Waals surface area contributed by atoms with E-state index in [1.54, 1.807) is 12.1 Å². The van der Waals surface area contributed by atoms with Crippen LogP contribution in [0.3, 0.4) is 0 Å². The molecule has 1 aromatic heterocycles. The van der Waals surface area contributed by atoms with E-state index in [-0.39, 0.29) is 17.2 Å². The van der Waals surface area contributed by atoms with Gasteiger partial charge in [0.1, 0.15) is 6.07 Å². The third kappa shape index (κ3) is 3.21. The smallest absolute Gasteiger partial charge is 0.407 e. The van der Waals surface area contributed by atoms with Gasteiger partial charge in [0.05, 0.1) is 6.04 Å². The summed E-state index contributed by atoms with van der Waals surface area (Å²) in [5.41, 5.74) is 0.104. The van der Waals surface area contributed by atoms with Crippen molar-refractivity contribution < 1.29 is 9.90 Å². The van der Waals surface area contributed by atoms with Gasteiger partial charge in [-0.15, -0.1) is 10.2 Å². The van der Waals surface area contributed by atoms with Gasteiger partial charge in [-0.3, -0.25) is 0 Å². The first-order valence-electron chi connectivity index (χ1n) is 6.81. The Morgan fingerprint density at radius 3 is 2.57 bits per heavy atom. The zero-order valence-corrected chi connectivity index (χ0v) is 12.4. The van der Waals surface area contributed by atoms with Crippen molar-refractivity contribution in [2.24, 2.45) is 5.41 Å². The number of carboxylic acid groups (broad SMARTS) is 1. The Balaban J connectivity index is 2.21. The maximum absolute atomic E-state index is 11.4. The molecule has 7 nitrogen and oxygen atoms in total. The molecule has 2 heterocycles. The van der Waals surface area contributed by atoms with Gasteiger partial charge in [0, 0.05) is 19.6 Å². The molecule has 0 saturated carbocycles. The Kier molecular flexibility index (Phi) is 3.98. The minimum Gasteiger partial charge on any atom is -0.465 e. The topological polar surface area (TPSA) is 93.4 Å². The fourth-order valence-electron chi connectivity index (χ4n) is 2.51. The molecule has 1 fully saturated rings. The summed E-state index contributed by atoms with van der Waals surface area (Å²) < 4.78 is 0. The summed E-state index contributed by atoms with van der Waals surface area (Å²) in [6.07, 6.45) is -0.888. The monoisotopic (exact) mass is 289 g/mol. The van der Waals surface area contributed by atoms with Gasteiger partial charge in [-0.1, -0.05) is 20.8 Å². The highest BCUT2D eigenvalue weighted by Gasteiger charge is 2.38. The summed E-state index contributed by atoms with van der Waals surface area (Å²) in [6.45, 7) is 7.65. The van der Waals surface area contributed by atoms with Crippen LogP contribution < -0.4 is 4.90 Å². The van der Waals surface area contributed by atoms with Gasteiger partial charge in [0.25, 0.3) is 0 Å². The summed E-state index contributed by atoms with van der Waals surface area (Å²) in [5.74, 6) is 0.674. The fraction of sp³-hybridized carbons (Fsp3) is 0.571. The van der Waals surface area contributed by atoms with Crippen molar-refractivity contribution in [2.75, 3.05) is 24.5 Å². The van der Waals surface area contributed by atoms with Crippen molar-refractivity contribution in [3.8, 4) is 6.07 Å². The molecule has 2 rings (SSSR count). The second-order valence-electron chi connectivity index (χ2n) is 6.19. The lowest BCUT2D eigenvalue weighted by molar-refractivity contribution is 0.0746. The lowest BCUT2D eigenvalue weighted by Crippen LogP contribution is -2.59. The molecular formula is C14H19N5O2. The summed E-state index contributed by atoms with van der Waals surface area (Å²) in [7, 11) is 0. The Labute approximate surface area is 123 Å². The molecule has 1 saturated heterocycles. The number of hydrogen-bond acceptors (Lipinski definition) is 5. The SMILES string of the molecule is CC(C)(C)C1CN(c2ccc(C#N)nn2)CCN1C(=O)O. The van der Waals surface area contributed by atoms with Gasteiger partial charge < -0.3 is 14.9 Å². The number of carbonyl (C=O) groups is 1. The van der Waals surface area contributed by atoms with E-state index < -0.39 is 6.09 Å². The Hall–Kier alpha value is -2.36. The van der Waals surface area contributed by atoms with Crippen molar-refractivity contribution in [3.63, 3.8) is 0 Å². The average Bonchev–Trinajstić information content (AvgIpc) is 2.45. The highest BCUT2D eigenvalue weighted by molar-refractivity contribution is 5.66. The number of anilines is 1. The molecule has 1 aliphatic rings. The van der Waals surface area contributed by atoms with E-state index in [1.807, 2.05) is 31.7 Å². The van der Waals surface area contributed by atoms with Crippen LogP contribution in [-0.4, -0.2) is 52.0 Å².